The number of esters is 1. The van der Waals surface area contributed by atoms with E-state index in [1.165, 1.54) is 12.1 Å². The summed E-state index contributed by atoms with van der Waals surface area (Å²) in [5.74, 6) is -1.29. The van der Waals surface area contributed by atoms with Gasteiger partial charge in [-0.15, -0.1) is 0 Å². The van der Waals surface area contributed by atoms with Crippen molar-refractivity contribution in [3.63, 3.8) is 0 Å². The molecule has 0 aliphatic carbocycles. The number of carbonyl (C=O) groups is 2. The molecule has 1 heterocycles. The second kappa shape index (κ2) is 5.17. The normalized spacial score (nSPS) is 18.2. The molecule has 1 aliphatic rings. The fourth-order valence-corrected chi connectivity index (χ4v) is 2.28. The molecule has 0 spiro atoms. The lowest BCUT2D eigenvalue weighted by atomic mass is 10.1. The average molecular weight is 264 g/mol. The third-order valence-corrected chi connectivity index (χ3v) is 3.21. The first kappa shape index (κ1) is 13.2. The van der Waals surface area contributed by atoms with Crippen molar-refractivity contribution in [1.29, 1.82) is 0 Å². The Morgan fingerprint density at radius 1 is 1.58 bits per heavy atom. The van der Waals surface area contributed by atoms with Crippen molar-refractivity contribution in [2.24, 2.45) is 0 Å². The quantitative estimate of drug-likeness (QED) is 0.625. The van der Waals surface area contributed by atoms with Crippen LogP contribution in [0, 0.1) is 0 Å². The molecule has 1 aromatic carbocycles. The minimum absolute atomic E-state index is 0.131. The summed E-state index contributed by atoms with van der Waals surface area (Å²) in [4.78, 5) is 24.3. The highest BCUT2D eigenvalue weighted by Crippen LogP contribution is 2.28. The van der Waals surface area contributed by atoms with E-state index < -0.39 is 5.97 Å². The van der Waals surface area contributed by atoms with Crippen LogP contribution in [-0.4, -0.2) is 36.2 Å². The minimum Gasteiger partial charge on any atom is -0.478 e. The average Bonchev–Trinajstić information content (AvgIpc) is 2.78. The van der Waals surface area contributed by atoms with E-state index in [0.29, 0.717) is 30.9 Å². The maximum atomic E-state index is 11.6. The van der Waals surface area contributed by atoms with Crippen LogP contribution in [0.25, 0.3) is 0 Å². The van der Waals surface area contributed by atoms with Crippen molar-refractivity contribution in [1.82, 2.24) is 0 Å². The monoisotopic (exact) mass is 264 g/mol. The summed E-state index contributed by atoms with van der Waals surface area (Å²) in [6, 6.07) is 4.17. The standard InChI is InChI=1S/C13H16N2O4/c1-2-15(11-5-6-19-13(11)18)10-4-3-8(12(16)17)7-9(10)14/h3-4,7,11H,2,5-6,14H2,1H3,(H,16,17). The highest BCUT2D eigenvalue weighted by atomic mass is 16.5. The molecule has 2 rings (SSSR count). The minimum atomic E-state index is -1.03. The Morgan fingerprint density at radius 2 is 2.32 bits per heavy atom. The van der Waals surface area contributed by atoms with E-state index in [1.807, 2.05) is 11.8 Å². The van der Waals surface area contributed by atoms with Crippen LogP contribution in [0.1, 0.15) is 23.7 Å². The van der Waals surface area contributed by atoms with Crippen molar-refractivity contribution in [2.75, 3.05) is 23.8 Å². The molecule has 0 amide bonds. The van der Waals surface area contributed by atoms with Gasteiger partial charge in [0.2, 0.25) is 0 Å². The van der Waals surface area contributed by atoms with Gasteiger partial charge in [0.15, 0.2) is 0 Å². The topological polar surface area (TPSA) is 92.9 Å². The molecule has 1 aromatic rings. The summed E-state index contributed by atoms with van der Waals surface area (Å²) in [5.41, 5.74) is 7.03. The maximum Gasteiger partial charge on any atom is 0.335 e. The molecule has 0 radical (unpaired) electrons. The number of nitrogens with zero attached hydrogens (tertiary/aromatic N) is 1. The van der Waals surface area contributed by atoms with Crippen LogP contribution in [0.4, 0.5) is 11.4 Å². The Kier molecular flexibility index (Phi) is 3.59. The van der Waals surface area contributed by atoms with Gasteiger partial charge in [-0.3, -0.25) is 0 Å². The first-order chi connectivity index (χ1) is 9.04. The number of carboxylic acid groups (broad SMARTS) is 1. The molecular weight excluding hydrogens is 248 g/mol. The number of hydrogen-bond donors (Lipinski definition) is 2. The second-order valence-corrected chi connectivity index (χ2v) is 4.34. The number of nitrogen functional groups attached to an aromatic ring is 1. The highest BCUT2D eigenvalue weighted by Gasteiger charge is 2.32. The van der Waals surface area contributed by atoms with Crippen LogP contribution in [0.5, 0.6) is 0 Å². The van der Waals surface area contributed by atoms with Crippen LogP contribution < -0.4 is 10.6 Å². The number of rotatable bonds is 4. The SMILES string of the molecule is CCN(c1ccc(C(=O)O)cc1N)C1CCOC1=O. The van der Waals surface area contributed by atoms with Gasteiger partial charge >= 0.3 is 11.9 Å². The van der Waals surface area contributed by atoms with E-state index in [9.17, 15) is 9.59 Å². The number of aromatic carboxylic acids is 1. The lowest BCUT2D eigenvalue weighted by Gasteiger charge is -2.28. The molecule has 102 valence electrons. The van der Waals surface area contributed by atoms with Gasteiger partial charge in [0.1, 0.15) is 6.04 Å². The summed E-state index contributed by atoms with van der Waals surface area (Å²) in [6.45, 7) is 2.92. The number of benzene rings is 1. The number of carboxylic acids is 1. The van der Waals surface area contributed by atoms with Crippen LogP contribution in [-0.2, 0) is 9.53 Å². The summed E-state index contributed by atoms with van der Waals surface area (Å²) < 4.78 is 4.96. The fourth-order valence-electron chi connectivity index (χ4n) is 2.28. The Morgan fingerprint density at radius 3 is 2.79 bits per heavy atom. The van der Waals surface area contributed by atoms with E-state index in [4.69, 9.17) is 15.6 Å². The maximum absolute atomic E-state index is 11.6. The zero-order valence-electron chi connectivity index (χ0n) is 10.6. The Hall–Kier alpha value is -2.24. The molecule has 1 aliphatic heterocycles. The second-order valence-electron chi connectivity index (χ2n) is 4.34. The third-order valence-electron chi connectivity index (χ3n) is 3.21. The van der Waals surface area contributed by atoms with Gasteiger partial charge in [-0.1, -0.05) is 0 Å². The molecule has 1 fully saturated rings. The van der Waals surface area contributed by atoms with E-state index in [-0.39, 0.29) is 17.6 Å². The summed E-state index contributed by atoms with van der Waals surface area (Å²) in [7, 11) is 0. The van der Waals surface area contributed by atoms with Crippen LogP contribution in [0.3, 0.4) is 0 Å². The lowest BCUT2D eigenvalue weighted by molar-refractivity contribution is -0.139. The molecule has 6 nitrogen and oxygen atoms in total. The Bertz CT molecular complexity index is 515. The number of carbonyl (C=O) groups excluding carboxylic acids is 1. The molecule has 1 atom stereocenters. The van der Waals surface area contributed by atoms with Gasteiger partial charge < -0.3 is 20.5 Å². The summed E-state index contributed by atoms with van der Waals surface area (Å²) >= 11 is 0. The smallest absolute Gasteiger partial charge is 0.335 e. The number of hydrogen-bond acceptors (Lipinski definition) is 5. The zero-order chi connectivity index (χ0) is 14.0. The zero-order valence-corrected chi connectivity index (χ0v) is 10.6. The predicted octanol–water partition coefficient (Wildman–Crippen LogP) is 1.11. The van der Waals surface area contributed by atoms with E-state index >= 15 is 0 Å². The van der Waals surface area contributed by atoms with Gasteiger partial charge in [-0.2, -0.15) is 0 Å². The van der Waals surface area contributed by atoms with Crippen molar-refractivity contribution in [3.8, 4) is 0 Å². The van der Waals surface area contributed by atoms with E-state index in [0.717, 1.165) is 0 Å². The molecule has 6 heteroatoms. The van der Waals surface area contributed by atoms with E-state index in [1.54, 1.807) is 6.07 Å². The largest absolute Gasteiger partial charge is 0.478 e. The fraction of sp³-hybridized carbons (Fsp3) is 0.385. The van der Waals surface area contributed by atoms with Crippen molar-refractivity contribution in [2.45, 2.75) is 19.4 Å². The van der Waals surface area contributed by atoms with Crippen LogP contribution in [0.15, 0.2) is 18.2 Å². The third kappa shape index (κ3) is 2.47. The van der Waals surface area contributed by atoms with Gasteiger partial charge in [0.05, 0.1) is 23.5 Å². The van der Waals surface area contributed by atoms with Gasteiger partial charge in [0.25, 0.3) is 0 Å². The van der Waals surface area contributed by atoms with Gasteiger partial charge in [-0.25, -0.2) is 9.59 Å². The number of anilines is 2. The summed E-state index contributed by atoms with van der Waals surface area (Å²) in [6.07, 6.45) is 0.618. The number of nitrogens with two attached hydrogens (primary N) is 1. The molecule has 1 saturated heterocycles. The molecule has 19 heavy (non-hydrogen) atoms. The molecule has 0 bridgehead atoms. The van der Waals surface area contributed by atoms with Crippen molar-refractivity contribution < 1.29 is 19.4 Å². The Balaban J connectivity index is 2.33. The number of likely N-dealkylation sites (N-methyl/N-ethyl adjacent to an activating group) is 1. The molecule has 1 unspecified atom stereocenters. The molecule has 3 N–H and O–H groups in total. The lowest BCUT2D eigenvalue weighted by Crippen LogP contribution is -2.38. The van der Waals surface area contributed by atoms with Gasteiger partial charge in [-0.05, 0) is 25.1 Å². The van der Waals surface area contributed by atoms with Crippen molar-refractivity contribution >= 4 is 23.3 Å². The molecule has 0 saturated carbocycles. The predicted molar refractivity (Wildman–Crippen MR) is 70.2 cm³/mol. The van der Waals surface area contributed by atoms with Crippen LogP contribution in [0.2, 0.25) is 0 Å². The first-order valence-corrected chi connectivity index (χ1v) is 6.10. The number of cyclic esters (lactones) is 1. The molecular formula is C13H16N2O4. The first-order valence-electron chi connectivity index (χ1n) is 6.10. The van der Waals surface area contributed by atoms with Crippen molar-refractivity contribution in [3.05, 3.63) is 23.8 Å². The number of ether oxygens (including phenoxy) is 1. The van der Waals surface area contributed by atoms with Crippen LogP contribution >= 0.6 is 0 Å². The molecule has 0 aromatic heterocycles. The van der Waals surface area contributed by atoms with E-state index in [2.05, 4.69) is 0 Å². The van der Waals surface area contributed by atoms with Gasteiger partial charge in [0, 0.05) is 13.0 Å². The highest BCUT2D eigenvalue weighted by molar-refractivity contribution is 5.91. The Labute approximate surface area is 110 Å². The summed E-state index contributed by atoms with van der Waals surface area (Å²) in [5, 5.41) is 8.91.